The summed E-state index contributed by atoms with van der Waals surface area (Å²) in [7, 11) is 3.53. The van der Waals surface area contributed by atoms with Crippen molar-refractivity contribution >= 4 is 5.91 Å². The lowest BCUT2D eigenvalue weighted by Crippen LogP contribution is -2.41. The van der Waals surface area contributed by atoms with Crippen molar-refractivity contribution in [1.29, 1.82) is 0 Å². The summed E-state index contributed by atoms with van der Waals surface area (Å²) in [4.78, 5) is 14.1. The van der Waals surface area contributed by atoms with Crippen molar-refractivity contribution in [2.75, 3.05) is 14.1 Å². The lowest BCUT2D eigenvalue weighted by molar-refractivity contribution is -0.138. The van der Waals surface area contributed by atoms with Crippen LogP contribution < -0.4 is 0 Å². The van der Waals surface area contributed by atoms with Crippen LogP contribution in [0.5, 0.6) is 0 Å². The lowest BCUT2D eigenvalue weighted by Gasteiger charge is -2.34. The van der Waals surface area contributed by atoms with E-state index in [0.717, 1.165) is 12.8 Å². The average Bonchev–Trinajstić information content (AvgIpc) is 3.10. The Balaban J connectivity index is 2.20. The molecule has 0 saturated heterocycles. The molecule has 0 radical (unpaired) electrons. The maximum absolute atomic E-state index is 12.5. The molecule has 2 unspecified atom stereocenters. The molecule has 2 aliphatic rings. The first kappa shape index (κ1) is 15.1. The van der Waals surface area contributed by atoms with Crippen molar-refractivity contribution in [2.45, 2.75) is 51.4 Å². The van der Waals surface area contributed by atoms with E-state index in [4.69, 9.17) is 9.47 Å². The highest BCUT2D eigenvalue weighted by atomic mass is 16.5. The molecule has 0 bridgehead atoms. The fourth-order valence-electron chi connectivity index (χ4n) is 2.18. The third-order valence-corrected chi connectivity index (χ3v) is 3.20. The van der Waals surface area contributed by atoms with Gasteiger partial charge in [-0.15, -0.1) is 0 Å². The van der Waals surface area contributed by atoms with E-state index < -0.39 is 0 Å². The highest BCUT2D eigenvalue weighted by Crippen LogP contribution is 2.34. The van der Waals surface area contributed by atoms with Crippen LogP contribution in [0.25, 0.3) is 0 Å². The Kier molecular flexibility index (Phi) is 4.23. The number of hydrogen-bond donors (Lipinski definition) is 0. The van der Waals surface area contributed by atoms with Crippen LogP contribution in [0, 0.1) is 5.92 Å². The third-order valence-electron chi connectivity index (χ3n) is 3.20. The highest BCUT2D eigenvalue weighted by Gasteiger charge is 2.39. The molecule has 20 heavy (non-hydrogen) atoms. The summed E-state index contributed by atoms with van der Waals surface area (Å²) >= 11 is 0. The molecule has 112 valence electrons. The molecular weight excluding hydrogens is 254 g/mol. The number of nitrogens with zero attached hydrogens (tertiary/aromatic N) is 1. The van der Waals surface area contributed by atoms with Crippen LogP contribution in [0.15, 0.2) is 24.0 Å². The van der Waals surface area contributed by atoms with E-state index in [0.29, 0.717) is 11.9 Å². The molecule has 0 spiro atoms. The molecule has 1 amide bonds. The van der Waals surface area contributed by atoms with Crippen LogP contribution >= 0.6 is 0 Å². The van der Waals surface area contributed by atoms with E-state index in [9.17, 15) is 4.79 Å². The SMILES string of the molecule is CN(C)C(=O)C1C(OC(C)(C)C)=CC=CC1OC1CC1. The van der Waals surface area contributed by atoms with Crippen LogP contribution in [0.4, 0.5) is 0 Å². The number of allylic oxidation sites excluding steroid dienone is 2. The summed E-state index contributed by atoms with van der Waals surface area (Å²) in [6.45, 7) is 5.96. The Morgan fingerprint density at radius 1 is 1.30 bits per heavy atom. The van der Waals surface area contributed by atoms with Crippen LogP contribution in [0.1, 0.15) is 33.6 Å². The molecule has 1 fully saturated rings. The van der Waals surface area contributed by atoms with Gasteiger partial charge in [0.1, 0.15) is 17.3 Å². The minimum atomic E-state index is -0.380. The molecule has 0 aromatic heterocycles. The van der Waals surface area contributed by atoms with E-state index in [-0.39, 0.29) is 23.5 Å². The van der Waals surface area contributed by atoms with Crippen molar-refractivity contribution in [3.8, 4) is 0 Å². The summed E-state index contributed by atoms with van der Waals surface area (Å²) < 4.78 is 12.0. The zero-order valence-electron chi connectivity index (χ0n) is 13.1. The second-order valence-corrected chi connectivity index (χ2v) is 6.68. The number of carbonyl (C=O) groups is 1. The minimum Gasteiger partial charge on any atom is -0.492 e. The molecule has 2 atom stereocenters. The Hall–Kier alpha value is -1.29. The number of carbonyl (C=O) groups excluding carboxylic acids is 1. The van der Waals surface area contributed by atoms with Crippen LogP contribution in [-0.4, -0.2) is 42.7 Å². The monoisotopic (exact) mass is 279 g/mol. The largest absolute Gasteiger partial charge is 0.492 e. The fraction of sp³-hybridized carbons (Fsp3) is 0.688. The van der Waals surface area contributed by atoms with Crippen molar-refractivity contribution in [2.24, 2.45) is 5.92 Å². The first-order valence-corrected chi connectivity index (χ1v) is 7.22. The van der Waals surface area contributed by atoms with Crippen molar-refractivity contribution in [1.82, 2.24) is 4.90 Å². The van der Waals surface area contributed by atoms with Crippen LogP contribution in [0.2, 0.25) is 0 Å². The summed E-state index contributed by atoms with van der Waals surface area (Å²) in [6.07, 6.45) is 8.02. The number of ether oxygens (including phenoxy) is 2. The summed E-state index contributed by atoms with van der Waals surface area (Å²) in [5, 5.41) is 0. The van der Waals surface area contributed by atoms with Crippen molar-refractivity contribution < 1.29 is 14.3 Å². The molecule has 4 heteroatoms. The van der Waals surface area contributed by atoms with Gasteiger partial charge in [-0.25, -0.2) is 0 Å². The third kappa shape index (κ3) is 3.85. The molecule has 0 N–H and O–H groups in total. The van der Waals surface area contributed by atoms with Gasteiger partial charge in [-0.2, -0.15) is 0 Å². The first-order valence-electron chi connectivity index (χ1n) is 7.22. The molecule has 0 aliphatic heterocycles. The van der Waals surface area contributed by atoms with Gasteiger partial charge in [0.15, 0.2) is 0 Å². The molecule has 1 saturated carbocycles. The summed E-state index contributed by atoms with van der Waals surface area (Å²) in [5.41, 5.74) is -0.327. The average molecular weight is 279 g/mol. The molecule has 4 nitrogen and oxygen atoms in total. The predicted octanol–water partition coefficient (Wildman–Crippen LogP) is 2.51. The van der Waals surface area contributed by atoms with E-state index in [1.54, 1.807) is 19.0 Å². The summed E-state index contributed by atoms with van der Waals surface area (Å²) in [5.74, 6) is 0.342. The van der Waals surface area contributed by atoms with Crippen molar-refractivity contribution in [3.63, 3.8) is 0 Å². The van der Waals surface area contributed by atoms with Gasteiger partial charge in [-0.05, 0) is 39.7 Å². The smallest absolute Gasteiger partial charge is 0.235 e. The van der Waals surface area contributed by atoms with E-state index >= 15 is 0 Å². The van der Waals surface area contributed by atoms with Gasteiger partial charge in [0.05, 0.1) is 12.2 Å². The van der Waals surface area contributed by atoms with Gasteiger partial charge in [0.25, 0.3) is 0 Å². The van der Waals surface area contributed by atoms with Gasteiger partial charge in [0.2, 0.25) is 5.91 Å². The second-order valence-electron chi connectivity index (χ2n) is 6.68. The first-order chi connectivity index (χ1) is 9.28. The van der Waals surface area contributed by atoms with E-state index in [1.807, 2.05) is 39.0 Å². The van der Waals surface area contributed by atoms with E-state index in [2.05, 4.69) is 0 Å². The Bertz CT molecular complexity index is 427. The maximum atomic E-state index is 12.5. The maximum Gasteiger partial charge on any atom is 0.235 e. The normalized spacial score (nSPS) is 26.1. The number of amides is 1. The van der Waals surface area contributed by atoms with Gasteiger partial charge in [0, 0.05) is 14.1 Å². The van der Waals surface area contributed by atoms with Gasteiger partial charge >= 0.3 is 0 Å². The Morgan fingerprint density at radius 2 is 1.95 bits per heavy atom. The quantitative estimate of drug-likeness (QED) is 0.793. The van der Waals surface area contributed by atoms with Gasteiger partial charge < -0.3 is 14.4 Å². The Morgan fingerprint density at radius 3 is 2.45 bits per heavy atom. The van der Waals surface area contributed by atoms with Gasteiger partial charge in [-0.1, -0.05) is 12.2 Å². The Labute approximate surface area is 121 Å². The predicted molar refractivity (Wildman–Crippen MR) is 78.1 cm³/mol. The molecule has 2 rings (SSSR count). The number of rotatable bonds is 4. The topological polar surface area (TPSA) is 38.8 Å². The fourth-order valence-corrected chi connectivity index (χ4v) is 2.18. The van der Waals surface area contributed by atoms with Crippen LogP contribution in [-0.2, 0) is 14.3 Å². The lowest BCUT2D eigenvalue weighted by atomic mass is 9.93. The second kappa shape index (κ2) is 5.60. The highest BCUT2D eigenvalue weighted by molar-refractivity contribution is 5.82. The van der Waals surface area contributed by atoms with Crippen LogP contribution in [0.3, 0.4) is 0 Å². The van der Waals surface area contributed by atoms with Gasteiger partial charge in [-0.3, -0.25) is 4.79 Å². The molecule has 0 aromatic carbocycles. The molecule has 0 aromatic rings. The van der Waals surface area contributed by atoms with Crippen molar-refractivity contribution in [3.05, 3.63) is 24.0 Å². The zero-order valence-corrected chi connectivity index (χ0v) is 13.1. The summed E-state index contributed by atoms with van der Waals surface area (Å²) in [6, 6.07) is 0. The standard InChI is InChI=1S/C16H25NO3/c1-16(2,3)20-13-8-6-7-12(19-11-9-10-11)14(13)15(18)17(4)5/h6-8,11-12,14H,9-10H2,1-5H3. The molecular formula is C16H25NO3. The van der Waals surface area contributed by atoms with E-state index in [1.165, 1.54) is 0 Å². The minimum absolute atomic E-state index is 0.0236. The number of hydrogen-bond acceptors (Lipinski definition) is 3. The zero-order chi connectivity index (χ0) is 14.9. The molecule has 0 heterocycles. The molecule has 2 aliphatic carbocycles.